The number of hydrogen-bond acceptors (Lipinski definition) is 10. The fourth-order valence-electron chi connectivity index (χ4n) is 6.71. The van der Waals surface area contributed by atoms with Gasteiger partial charge in [0.1, 0.15) is 17.5 Å². The SMILES string of the molecule is O=C1COc2ncc(N3CC4(CCN(CC5Cc6cc(NC(=O)[C@@H]7NCC[C@@H]7O)cc(F)c6C5)CC4)OC3=O)nc2N1. The molecule has 42 heavy (non-hydrogen) atoms. The third kappa shape index (κ3) is 5.03. The van der Waals surface area contributed by atoms with E-state index in [1.807, 2.05) is 6.07 Å². The van der Waals surface area contributed by atoms with E-state index in [-0.39, 0.29) is 41.9 Å². The van der Waals surface area contributed by atoms with Crippen molar-refractivity contribution in [2.45, 2.75) is 49.9 Å². The van der Waals surface area contributed by atoms with Crippen LogP contribution in [0.1, 0.15) is 30.4 Å². The number of hydrogen-bond donors (Lipinski definition) is 4. The first-order valence-corrected chi connectivity index (χ1v) is 14.3. The lowest BCUT2D eigenvalue weighted by Gasteiger charge is -2.38. The Morgan fingerprint density at radius 3 is 2.86 bits per heavy atom. The van der Waals surface area contributed by atoms with E-state index in [1.54, 1.807) is 0 Å². The highest BCUT2D eigenvalue weighted by atomic mass is 19.1. The van der Waals surface area contributed by atoms with Crippen LogP contribution >= 0.6 is 0 Å². The molecule has 14 heteroatoms. The van der Waals surface area contributed by atoms with Gasteiger partial charge in [-0.2, -0.15) is 0 Å². The number of anilines is 3. The number of ether oxygens (including phenoxy) is 2. The van der Waals surface area contributed by atoms with Gasteiger partial charge in [0.05, 0.1) is 18.8 Å². The second-order valence-electron chi connectivity index (χ2n) is 11.8. The standard InChI is InChI=1S/C28H32FN7O6/c29-19-10-17(32-25(39)23-20(37)1-4-30-23)9-16-7-15(8-18(16)19)12-35-5-2-28(3-6-35)14-36(27(40)42-28)21-11-31-26-24(33-21)34-22(38)13-41-26/h9-11,15,20,23,30,37H,1-8,12-14H2,(H,32,39)(H,33,34,38)/t15?,20-,23+/m0/s1. The summed E-state index contributed by atoms with van der Waals surface area (Å²) in [5, 5.41) is 18.3. The van der Waals surface area contributed by atoms with Gasteiger partial charge in [-0.3, -0.25) is 14.5 Å². The number of carbonyl (C=O) groups excluding carboxylic acids is 3. The van der Waals surface area contributed by atoms with Crippen molar-refractivity contribution in [2.75, 3.05) is 54.9 Å². The zero-order chi connectivity index (χ0) is 29.0. The Labute approximate surface area is 240 Å². The van der Waals surface area contributed by atoms with Gasteiger partial charge in [-0.15, -0.1) is 0 Å². The number of nitrogens with one attached hydrogen (secondary N) is 3. The van der Waals surface area contributed by atoms with Crippen LogP contribution in [0.5, 0.6) is 5.88 Å². The number of halogens is 1. The summed E-state index contributed by atoms with van der Waals surface area (Å²) >= 11 is 0. The van der Waals surface area contributed by atoms with Crippen molar-refractivity contribution >= 4 is 35.2 Å². The van der Waals surface area contributed by atoms with E-state index < -0.39 is 23.8 Å². The molecule has 3 saturated heterocycles. The van der Waals surface area contributed by atoms with Crippen LogP contribution in [0, 0.1) is 11.7 Å². The summed E-state index contributed by atoms with van der Waals surface area (Å²) in [6, 6.07) is 2.52. The summed E-state index contributed by atoms with van der Waals surface area (Å²) < 4.78 is 26.1. The lowest BCUT2D eigenvalue weighted by molar-refractivity contribution is -0.120. The maximum Gasteiger partial charge on any atom is 0.416 e. The summed E-state index contributed by atoms with van der Waals surface area (Å²) in [7, 11) is 0. The van der Waals surface area contributed by atoms with E-state index in [2.05, 4.69) is 30.8 Å². The molecule has 5 aliphatic rings. The van der Waals surface area contributed by atoms with Crippen molar-refractivity contribution in [1.82, 2.24) is 20.2 Å². The van der Waals surface area contributed by atoms with Gasteiger partial charge in [0.25, 0.3) is 11.8 Å². The second-order valence-corrected chi connectivity index (χ2v) is 11.8. The van der Waals surface area contributed by atoms with Crippen molar-refractivity contribution in [1.29, 1.82) is 0 Å². The number of rotatable bonds is 5. The van der Waals surface area contributed by atoms with E-state index in [0.29, 0.717) is 62.3 Å². The third-order valence-corrected chi connectivity index (χ3v) is 8.88. The predicted molar refractivity (Wildman–Crippen MR) is 147 cm³/mol. The zero-order valence-corrected chi connectivity index (χ0v) is 22.9. The highest BCUT2D eigenvalue weighted by molar-refractivity contribution is 5.96. The lowest BCUT2D eigenvalue weighted by atomic mass is 9.90. The minimum atomic E-state index is -0.746. The van der Waals surface area contributed by atoms with Crippen molar-refractivity contribution in [3.8, 4) is 5.88 Å². The molecule has 4 N–H and O–H groups in total. The van der Waals surface area contributed by atoms with Crippen LogP contribution in [0.15, 0.2) is 18.3 Å². The van der Waals surface area contributed by atoms with Crippen LogP contribution in [0.25, 0.3) is 0 Å². The van der Waals surface area contributed by atoms with Crippen molar-refractivity contribution < 1.29 is 33.4 Å². The van der Waals surface area contributed by atoms with Gasteiger partial charge in [0.2, 0.25) is 5.91 Å². The number of nitrogens with zero attached hydrogens (tertiary/aromatic N) is 4. The maximum atomic E-state index is 15.0. The molecular weight excluding hydrogens is 549 g/mol. The Kier molecular flexibility index (Phi) is 6.71. The summed E-state index contributed by atoms with van der Waals surface area (Å²) in [5.74, 6) is -0.0938. The molecule has 0 radical (unpaired) electrons. The number of benzene rings is 1. The summed E-state index contributed by atoms with van der Waals surface area (Å²) in [6.07, 6.45) is 3.35. The number of aromatic nitrogens is 2. The van der Waals surface area contributed by atoms with Gasteiger partial charge in [0.15, 0.2) is 18.2 Å². The van der Waals surface area contributed by atoms with Crippen LogP contribution in [-0.4, -0.2) is 95.0 Å². The highest BCUT2D eigenvalue weighted by Gasteiger charge is 2.48. The summed E-state index contributed by atoms with van der Waals surface area (Å²) in [4.78, 5) is 49.3. The number of likely N-dealkylation sites (tertiary alicyclic amines) is 1. The van der Waals surface area contributed by atoms with Gasteiger partial charge in [-0.05, 0) is 55.0 Å². The Bertz CT molecular complexity index is 1450. The van der Waals surface area contributed by atoms with Crippen molar-refractivity contribution in [2.24, 2.45) is 5.92 Å². The molecule has 4 aliphatic heterocycles. The van der Waals surface area contributed by atoms with Gasteiger partial charge in [0, 0.05) is 38.2 Å². The van der Waals surface area contributed by atoms with Gasteiger partial charge in [-0.1, -0.05) is 0 Å². The van der Waals surface area contributed by atoms with Crippen molar-refractivity contribution in [3.63, 3.8) is 0 Å². The Hall–Kier alpha value is -3.88. The van der Waals surface area contributed by atoms with Crippen LogP contribution in [-0.2, 0) is 27.2 Å². The largest absolute Gasteiger partial charge is 0.465 e. The van der Waals surface area contributed by atoms with E-state index in [4.69, 9.17) is 9.47 Å². The quantitative estimate of drug-likeness (QED) is 0.398. The van der Waals surface area contributed by atoms with E-state index >= 15 is 4.39 Å². The third-order valence-electron chi connectivity index (χ3n) is 8.88. The molecule has 13 nitrogen and oxygen atoms in total. The predicted octanol–water partition coefficient (Wildman–Crippen LogP) is 0.814. The molecule has 2 aromatic rings. The molecule has 1 spiro atoms. The minimum absolute atomic E-state index is 0.127. The van der Waals surface area contributed by atoms with E-state index in [1.165, 1.54) is 17.2 Å². The first kappa shape index (κ1) is 27.0. The topological polar surface area (TPSA) is 158 Å². The molecule has 222 valence electrons. The normalized spacial score (nSPS) is 26.4. The molecule has 1 unspecified atom stereocenters. The number of aliphatic hydroxyl groups is 1. The minimum Gasteiger partial charge on any atom is -0.465 e. The molecule has 3 amide bonds. The highest BCUT2D eigenvalue weighted by Crippen LogP contribution is 2.38. The number of amides is 3. The van der Waals surface area contributed by atoms with Crippen LogP contribution in [0.4, 0.5) is 26.5 Å². The Morgan fingerprint density at radius 1 is 1.24 bits per heavy atom. The van der Waals surface area contributed by atoms with Crippen LogP contribution in [0.3, 0.4) is 0 Å². The fourth-order valence-corrected chi connectivity index (χ4v) is 6.71. The molecule has 7 rings (SSSR count). The summed E-state index contributed by atoms with van der Waals surface area (Å²) in [6.45, 7) is 3.03. The maximum absolute atomic E-state index is 15.0. The Balaban J connectivity index is 0.942. The molecule has 3 fully saturated rings. The van der Waals surface area contributed by atoms with E-state index in [9.17, 15) is 19.5 Å². The monoisotopic (exact) mass is 581 g/mol. The first-order chi connectivity index (χ1) is 20.2. The first-order valence-electron chi connectivity index (χ1n) is 14.3. The zero-order valence-electron chi connectivity index (χ0n) is 22.9. The number of piperidine rings is 1. The smallest absolute Gasteiger partial charge is 0.416 e. The number of aliphatic hydroxyl groups excluding tert-OH is 1. The molecule has 1 aromatic carbocycles. The second kappa shape index (κ2) is 10.4. The Morgan fingerprint density at radius 2 is 2.07 bits per heavy atom. The summed E-state index contributed by atoms with van der Waals surface area (Å²) in [5.41, 5.74) is 1.36. The molecule has 0 saturated carbocycles. The number of fused-ring (bicyclic) bond motifs is 2. The van der Waals surface area contributed by atoms with Crippen LogP contribution in [0.2, 0.25) is 0 Å². The van der Waals surface area contributed by atoms with Gasteiger partial charge >= 0.3 is 6.09 Å². The number of carbonyl (C=O) groups is 3. The molecule has 5 heterocycles. The van der Waals surface area contributed by atoms with Gasteiger partial charge in [-0.25, -0.2) is 19.2 Å². The lowest BCUT2D eigenvalue weighted by Crippen LogP contribution is -2.48. The van der Waals surface area contributed by atoms with Gasteiger partial charge < -0.3 is 35.4 Å². The van der Waals surface area contributed by atoms with Crippen molar-refractivity contribution in [3.05, 3.63) is 35.3 Å². The average Bonchev–Trinajstić information content (AvgIpc) is 3.66. The molecule has 1 aliphatic carbocycles. The van der Waals surface area contributed by atoms with E-state index in [0.717, 1.165) is 25.2 Å². The molecule has 3 atom stereocenters. The molecular formula is C28H32FN7O6. The fraction of sp³-hybridized carbons (Fsp3) is 0.536. The molecule has 1 aromatic heterocycles. The average molecular weight is 582 g/mol. The molecule has 0 bridgehead atoms. The van der Waals surface area contributed by atoms with Crippen LogP contribution < -0.4 is 25.6 Å².